The summed E-state index contributed by atoms with van der Waals surface area (Å²) in [5.41, 5.74) is 0.940. The van der Waals surface area contributed by atoms with Crippen molar-refractivity contribution >= 4 is 46.5 Å². The number of carbonyl (C=O) groups is 1. The predicted octanol–water partition coefficient (Wildman–Crippen LogP) is 4.63. The number of nitrogens with one attached hydrogen (secondary N) is 1. The number of hydrogen-bond donors (Lipinski definition) is 1. The maximum absolute atomic E-state index is 11.6. The minimum atomic E-state index is -0.0980. The number of rotatable bonds is 5. The Morgan fingerprint density at radius 1 is 1.24 bits per heavy atom. The normalized spacial score (nSPS) is 10.7. The van der Waals surface area contributed by atoms with Crippen LogP contribution in [0.25, 0.3) is 0 Å². The topological polar surface area (TPSA) is 46.9 Å². The third-order valence-electron chi connectivity index (χ3n) is 2.78. The molecule has 0 radical (unpaired) electrons. The van der Waals surface area contributed by atoms with Crippen LogP contribution in [-0.4, -0.2) is 15.7 Å². The zero-order valence-corrected chi connectivity index (χ0v) is 13.6. The molecule has 7 heteroatoms. The Labute approximate surface area is 138 Å². The first-order chi connectivity index (χ1) is 9.99. The molecule has 0 fully saturated rings. The van der Waals surface area contributed by atoms with Crippen LogP contribution in [0.5, 0.6) is 0 Å². The van der Waals surface area contributed by atoms with Gasteiger partial charge in [-0.25, -0.2) is 0 Å². The monoisotopic (exact) mass is 345 g/mol. The maximum atomic E-state index is 11.6. The molecule has 0 unspecified atom stereocenters. The molecule has 0 spiro atoms. The summed E-state index contributed by atoms with van der Waals surface area (Å²) in [6.45, 7) is 2.42. The molecule has 0 aliphatic heterocycles. The molecule has 0 saturated heterocycles. The van der Waals surface area contributed by atoms with E-state index in [4.69, 9.17) is 34.8 Å². The molecule has 1 heterocycles. The van der Waals surface area contributed by atoms with Crippen molar-refractivity contribution in [2.45, 2.75) is 26.3 Å². The van der Waals surface area contributed by atoms with Gasteiger partial charge in [0.2, 0.25) is 5.91 Å². The summed E-state index contributed by atoms with van der Waals surface area (Å²) >= 11 is 17.9. The van der Waals surface area contributed by atoms with Gasteiger partial charge in [0.15, 0.2) is 5.82 Å². The average Bonchev–Trinajstić information content (AvgIpc) is 2.74. The van der Waals surface area contributed by atoms with Crippen molar-refractivity contribution in [3.8, 4) is 0 Å². The molecule has 1 aromatic heterocycles. The number of carbonyl (C=O) groups excluding carboxylic acids is 1. The predicted molar refractivity (Wildman–Crippen MR) is 86.3 cm³/mol. The Morgan fingerprint density at radius 2 is 2.00 bits per heavy atom. The van der Waals surface area contributed by atoms with Crippen LogP contribution in [0.2, 0.25) is 15.1 Å². The second-order valence-corrected chi connectivity index (χ2v) is 5.79. The first-order valence-corrected chi connectivity index (χ1v) is 7.59. The van der Waals surface area contributed by atoms with Crippen molar-refractivity contribution in [3.63, 3.8) is 0 Å². The number of halogens is 3. The first-order valence-electron chi connectivity index (χ1n) is 6.46. The molecule has 0 aliphatic rings. The number of amides is 1. The smallest absolute Gasteiger partial charge is 0.225 e. The molecule has 112 valence electrons. The van der Waals surface area contributed by atoms with Crippen molar-refractivity contribution in [2.75, 3.05) is 5.32 Å². The van der Waals surface area contributed by atoms with Crippen molar-refractivity contribution in [2.24, 2.45) is 0 Å². The van der Waals surface area contributed by atoms with Crippen LogP contribution in [-0.2, 0) is 11.3 Å². The Morgan fingerprint density at radius 3 is 2.67 bits per heavy atom. The highest BCUT2D eigenvalue weighted by molar-refractivity contribution is 6.42. The second-order valence-electron chi connectivity index (χ2n) is 4.57. The molecule has 0 saturated carbocycles. The molecule has 0 atom stereocenters. The molecular weight excluding hydrogens is 333 g/mol. The summed E-state index contributed by atoms with van der Waals surface area (Å²) < 4.78 is 1.64. The average molecular weight is 347 g/mol. The van der Waals surface area contributed by atoms with E-state index in [0.717, 1.165) is 12.0 Å². The highest BCUT2D eigenvalue weighted by atomic mass is 35.5. The Hall–Kier alpha value is -1.23. The van der Waals surface area contributed by atoms with Crippen molar-refractivity contribution in [3.05, 3.63) is 45.0 Å². The molecule has 1 aromatic carbocycles. The van der Waals surface area contributed by atoms with Crippen molar-refractivity contribution in [1.82, 2.24) is 9.78 Å². The van der Waals surface area contributed by atoms with Crippen molar-refractivity contribution < 1.29 is 4.79 Å². The van der Waals surface area contributed by atoms with Gasteiger partial charge in [-0.1, -0.05) is 47.8 Å². The van der Waals surface area contributed by atoms with Crippen molar-refractivity contribution in [1.29, 1.82) is 0 Å². The lowest BCUT2D eigenvalue weighted by Crippen LogP contribution is -2.12. The van der Waals surface area contributed by atoms with Gasteiger partial charge in [0.25, 0.3) is 0 Å². The minimum Gasteiger partial charge on any atom is -0.308 e. The van der Waals surface area contributed by atoms with E-state index < -0.39 is 0 Å². The van der Waals surface area contributed by atoms with E-state index >= 15 is 0 Å². The highest BCUT2D eigenvalue weighted by Crippen LogP contribution is 2.24. The van der Waals surface area contributed by atoms with E-state index in [9.17, 15) is 4.79 Å². The quantitative estimate of drug-likeness (QED) is 0.858. The number of benzene rings is 1. The van der Waals surface area contributed by atoms with Crippen LogP contribution in [0.3, 0.4) is 0 Å². The number of hydrogen-bond acceptors (Lipinski definition) is 2. The van der Waals surface area contributed by atoms with E-state index in [1.165, 1.54) is 0 Å². The van der Waals surface area contributed by atoms with Gasteiger partial charge in [0, 0.05) is 12.6 Å². The summed E-state index contributed by atoms with van der Waals surface area (Å²) in [6, 6.07) is 5.36. The zero-order chi connectivity index (χ0) is 15.4. The van der Waals surface area contributed by atoms with Gasteiger partial charge in [-0.3, -0.25) is 9.48 Å². The fourth-order valence-corrected chi connectivity index (χ4v) is 2.33. The third-order valence-corrected chi connectivity index (χ3v) is 3.80. The van der Waals surface area contributed by atoms with Crippen LogP contribution in [0.1, 0.15) is 25.3 Å². The van der Waals surface area contributed by atoms with Crippen LogP contribution >= 0.6 is 34.8 Å². The number of nitrogens with zero attached hydrogens (tertiary/aromatic N) is 2. The summed E-state index contributed by atoms with van der Waals surface area (Å²) in [6.07, 6.45) is 2.87. The van der Waals surface area contributed by atoms with E-state index in [1.807, 2.05) is 13.0 Å². The van der Waals surface area contributed by atoms with Gasteiger partial charge >= 0.3 is 0 Å². The van der Waals surface area contributed by atoms with Crippen LogP contribution in [0.15, 0.2) is 24.4 Å². The van der Waals surface area contributed by atoms with Gasteiger partial charge in [-0.05, 0) is 24.1 Å². The lowest BCUT2D eigenvalue weighted by atomic mass is 10.2. The molecule has 2 aromatic rings. The highest BCUT2D eigenvalue weighted by Gasteiger charge is 2.10. The SMILES string of the molecule is CCCC(=O)Nc1nn(Cc2ccc(Cl)c(Cl)c2)cc1Cl. The van der Waals surface area contributed by atoms with Crippen LogP contribution < -0.4 is 5.32 Å². The maximum Gasteiger partial charge on any atom is 0.225 e. The fourth-order valence-electron chi connectivity index (χ4n) is 1.81. The van der Waals surface area contributed by atoms with Crippen LogP contribution in [0.4, 0.5) is 5.82 Å². The van der Waals surface area contributed by atoms with Gasteiger partial charge in [-0.15, -0.1) is 0 Å². The number of aromatic nitrogens is 2. The van der Waals surface area contributed by atoms with E-state index in [1.54, 1.807) is 23.0 Å². The standard InChI is InChI=1S/C14H14Cl3N3O/c1-2-3-13(21)18-14-12(17)8-20(19-14)7-9-4-5-10(15)11(16)6-9/h4-6,8H,2-3,7H2,1H3,(H,18,19,21). The third kappa shape index (κ3) is 4.37. The zero-order valence-electron chi connectivity index (χ0n) is 11.4. The Bertz CT molecular complexity index is 655. The lowest BCUT2D eigenvalue weighted by molar-refractivity contribution is -0.116. The Kier molecular flexibility index (Phi) is 5.51. The van der Waals surface area contributed by atoms with E-state index in [-0.39, 0.29) is 5.91 Å². The van der Waals surface area contributed by atoms with Gasteiger partial charge < -0.3 is 5.32 Å². The first kappa shape index (κ1) is 16.1. The summed E-state index contributed by atoms with van der Waals surface area (Å²) in [5.74, 6) is 0.273. The van der Waals surface area contributed by atoms with E-state index in [2.05, 4.69) is 10.4 Å². The molecule has 4 nitrogen and oxygen atoms in total. The molecule has 21 heavy (non-hydrogen) atoms. The van der Waals surface area contributed by atoms with Crippen LogP contribution in [0, 0.1) is 0 Å². The minimum absolute atomic E-state index is 0.0980. The lowest BCUT2D eigenvalue weighted by Gasteiger charge is -2.04. The molecule has 1 N–H and O–H groups in total. The molecule has 0 aliphatic carbocycles. The summed E-state index contributed by atoms with van der Waals surface area (Å²) in [5, 5.41) is 8.34. The molecule has 0 bridgehead atoms. The van der Waals surface area contributed by atoms with Gasteiger partial charge in [0.05, 0.1) is 16.6 Å². The largest absolute Gasteiger partial charge is 0.308 e. The number of anilines is 1. The molecule has 2 rings (SSSR count). The van der Waals surface area contributed by atoms with E-state index in [0.29, 0.717) is 33.9 Å². The Balaban J connectivity index is 2.11. The van der Waals surface area contributed by atoms with Gasteiger partial charge in [0.1, 0.15) is 5.02 Å². The molecule has 1 amide bonds. The second kappa shape index (κ2) is 7.16. The summed E-state index contributed by atoms with van der Waals surface area (Å²) in [4.78, 5) is 11.6. The summed E-state index contributed by atoms with van der Waals surface area (Å²) in [7, 11) is 0. The molecular formula is C14H14Cl3N3O. The van der Waals surface area contributed by atoms with Gasteiger partial charge in [-0.2, -0.15) is 5.10 Å². The fraction of sp³-hybridized carbons (Fsp3) is 0.286.